The van der Waals surface area contributed by atoms with Crippen LogP contribution in [0.5, 0.6) is 0 Å². The number of carbonyl (C=O) groups is 1. The van der Waals surface area contributed by atoms with Gasteiger partial charge in [0.05, 0.1) is 5.56 Å². The van der Waals surface area contributed by atoms with E-state index in [0.29, 0.717) is 12.3 Å². The average molecular weight is 310 g/mol. The van der Waals surface area contributed by atoms with Gasteiger partial charge in [0.15, 0.2) is 11.6 Å². The summed E-state index contributed by atoms with van der Waals surface area (Å²) in [6, 6.07) is 2.57. The van der Waals surface area contributed by atoms with E-state index in [9.17, 15) is 13.6 Å². The first kappa shape index (κ1) is 16.9. The van der Waals surface area contributed by atoms with Gasteiger partial charge in [-0.15, -0.1) is 0 Å². The Morgan fingerprint density at radius 2 is 1.68 bits per heavy atom. The second-order valence-electron chi connectivity index (χ2n) is 6.42. The average Bonchev–Trinajstić information content (AvgIpc) is 2.50. The van der Waals surface area contributed by atoms with E-state index in [4.69, 9.17) is 5.11 Å². The van der Waals surface area contributed by atoms with Crippen LogP contribution in [0, 0.1) is 23.5 Å². The lowest BCUT2D eigenvalue weighted by atomic mass is 9.78. The van der Waals surface area contributed by atoms with Crippen LogP contribution in [0.1, 0.15) is 67.8 Å². The fourth-order valence-corrected chi connectivity index (χ4v) is 3.52. The fraction of sp³-hybridized carbons (Fsp3) is 0.611. The third-order valence-electron chi connectivity index (χ3n) is 4.88. The van der Waals surface area contributed by atoms with Gasteiger partial charge in [0.1, 0.15) is 0 Å². The molecule has 0 heterocycles. The maximum atomic E-state index is 13.9. The van der Waals surface area contributed by atoms with E-state index < -0.39 is 23.2 Å². The summed E-state index contributed by atoms with van der Waals surface area (Å²) in [4.78, 5) is 10.8. The van der Waals surface area contributed by atoms with Crippen molar-refractivity contribution in [2.45, 2.75) is 58.3 Å². The molecule has 1 fully saturated rings. The van der Waals surface area contributed by atoms with E-state index in [-0.39, 0.29) is 5.56 Å². The highest BCUT2D eigenvalue weighted by Gasteiger charge is 2.22. The number of rotatable bonds is 6. The molecule has 0 aliphatic heterocycles. The van der Waals surface area contributed by atoms with E-state index in [1.807, 2.05) is 0 Å². The first-order valence-electron chi connectivity index (χ1n) is 8.23. The van der Waals surface area contributed by atoms with Crippen LogP contribution in [-0.4, -0.2) is 11.1 Å². The van der Waals surface area contributed by atoms with Crippen molar-refractivity contribution in [1.82, 2.24) is 0 Å². The molecule has 2 nitrogen and oxygen atoms in total. The second kappa shape index (κ2) is 7.70. The summed E-state index contributed by atoms with van der Waals surface area (Å²) in [7, 11) is 0. The zero-order valence-electron chi connectivity index (χ0n) is 13.1. The van der Waals surface area contributed by atoms with Gasteiger partial charge in [0, 0.05) is 0 Å². The van der Waals surface area contributed by atoms with Crippen molar-refractivity contribution < 1.29 is 18.7 Å². The molecule has 1 aromatic rings. The quantitative estimate of drug-likeness (QED) is 0.784. The van der Waals surface area contributed by atoms with Crippen LogP contribution in [0.2, 0.25) is 0 Å². The number of carboxylic acid groups (broad SMARTS) is 1. The molecule has 122 valence electrons. The van der Waals surface area contributed by atoms with Crippen molar-refractivity contribution >= 4 is 5.97 Å². The molecule has 22 heavy (non-hydrogen) atoms. The van der Waals surface area contributed by atoms with Gasteiger partial charge in [-0.2, -0.15) is 0 Å². The Balaban J connectivity index is 1.90. The van der Waals surface area contributed by atoms with Crippen LogP contribution in [0.15, 0.2) is 12.1 Å². The molecule has 1 aliphatic rings. The number of halogens is 2. The van der Waals surface area contributed by atoms with E-state index in [1.54, 1.807) is 0 Å². The van der Waals surface area contributed by atoms with Crippen molar-refractivity contribution in [2.75, 3.05) is 0 Å². The van der Waals surface area contributed by atoms with E-state index in [1.165, 1.54) is 44.6 Å². The molecular formula is C18H24F2O2. The van der Waals surface area contributed by atoms with Crippen LogP contribution in [0.25, 0.3) is 0 Å². The smallest absolute Gasteiger partial charge is 0.338 e. The first-order valence-corrected chi connectivity index (χ1v) is 8.23. The number of aromatic carboxylic acids is 1. The molecule has 0 unspecified atom stereocenters. The van der Waals surface area contributed by atoms with Crippen LogP contribution in [-0.2, 0) is 6.42 Å². The lowest BCUT2D eigenvalue weighted by Gasteiger charge is -2.28. The summed E-state index contributed by atoms with van der Waals surface area (Å²) in [5.74, 6) is -2.26. The normalized spacial score (nSPS) is 21.8. The molecule has 0 radical (unpaired) electrons. The molecule has 0 amide bonds. The Bertz CT molecular complexity index is 520. The number of benzene rings is 1. The monoisotopic (exact) mass is 310 g/mol. The van der Waals surface area contributed by atoms with Crippen LogP contribution < -0.4 is 0 Å². The maximum Gasteiger partial charge on any atom is 0.338 e. The summed E-state index contributed by atoms with van der Waals surface area (Å²) in [6.07, 6.45) is 8.68. The van der Waals surface area contributed by atoms with Crippen molar-refractivity contribution in [3.8, 4) is 0 Å². The molecule has 1 saturated carbocycles. The Morgan fingerprint density at radius 1 is 1.09 bits per heavy atom. The zero-order valence-corrected chi connectivity index (χ0v) is 13.1. The summed E-state index contributed by atoms with van der Waals surface area (Å²) in [5, 5.41) is 8.78. The molecular weight excluding hydrogens is 286 g/mol. The highest BCUT2D eigenvalue weighted by Crippen LogP contribution is 2.34. The standard InChI is InChI=1S/C18H24F2O2/c1-2-3-12-4-6-13(7-5-12)8-9-14-10-11-15(18(21)22)17(20)16(14)19/h10-13H,2-9H2,1H3,(H,21,22)/t12-,13-. The second-order valence-corrected chi connectivity index (χ2v) is 6.42. The minimum atomic E-state index is -1.43. The largest absolute Gasteiger partial charge is 0.478 e. The summed E-state index contributed by atoms with van der Waals surface area (Å²) < 4.78 is 27.6. The molecule has 0 bridgehead atoms. The predicted molar refractivity (Wildman–Crippen MR) is 82.0 cm³/mol. The number of hydrogen-bond donors (Lipinski definition) is 1. The van der Waals surface area contributed by atoms with Gasteiger partial charge in [-0.25, -0.2) is 13.6 Å². The Kier molecular flexibility index (Phi) is 5.92. The van der Waals surface area contributed by atoms with Gasteiger partial charge in [0.25, 0.3) is 0 Å². The van der Waals surface area contributed by atoms with Gasteiger partial charge in [-0.3, -0.25) is 0 Å². The predicted octanol–water partition coefficient (Wildman–Crippen LogP) is 5.20. The summed E-state index contributed by atoms with van der Waals surface area (Å²) in [5.41, 5.74) is -0.306. The fourth-order valence-electron chi connectivity index (χ4n) is 3.52. The Hall–Kier alpha value is -1.45. The highest BCUT2D eigenvalue weighted by atomic mass is 19.2. The van der Waals surface area contributed by atoms with Gasteiger partial charge >= 0.3 is 5.97 Å². The highest BCUT2D eigenvalue weighted by molar-refractivity contribution is 5.88. The Morgan fingerprint density at radius 3 is 2.23 bits per heavy atom. The molecule has 0 spiro atoms. The Labute approximate surface area is 130 Å². The van der Waals surface area contributed by atoms with Crippen molar-refractivity contribution in [1.29, 1.82) is 0 Å². The number of hydrogen-bond acceptors (Lipinski definition) is 1. The number of aryl methyl sites for hydroxylation is 1. The summed E-state index contributed by atoms with van der Waals surface area (Å²) >= 11 is 0. The minimum Gasteiger partial charge on any atom is -0.478 e. The zero-order chi connectivity index (χ0) is 16.1. The van der Waals surface area contributed by atoms with E-state index in [0.717, 1.165) is 18.4 Å². The minimum absolute atomic E-state index is 0.290. The SMILES string of the molecule is CCC[C@H]1CC[C@H](CCc2ccc(C(=O)O)c(F)c2F)CC1. The maximum absolute atomic E-state index is 13.9. The van der Waals surface area contributed by atoms with Crippen LogP contribution >= 0.6 is 0 Å². The third kappa shape index (κ3) is 4.05. The van der Waals surface area contributed by atoms with Crippen molar-refractivity contribution in [2.24, 2.45) is 11.8 Å². The molecule has 1 aromatic carbocycles. The molecule has 0 saturated heterocycles. The molecule has 2 rings (SSSR count). The molecule has 0 aromatic heterocycles. The van der Waals surface area contributed by atoms with Gasteiger partial charge in [0.2, 0.25) is 0 Å². The van der Waals surface area contributed by atoms with Crippen LogP contribution in [0.4, 0.5) is 8.78 Å². The van der Waals surface area contributed by atoms with E-state index >= 15 is 0 Å². The lowest BCUT2D eigenvalue weighted by Crippen LogP contribution is -2.15. The first-order chi connectivity index (χ1) is 10.5. The van der Waals surface area contributed by atoms with Gasteiger partial charge < -0.3 is 5.11 Å². The third-order valence-corrected chi connectivity index (χ3v) is 4.88. The van der Waals surface area contributed by atoms with Gasteiger partial charge in [-0.1, -0.05) is 51.5 Å². The van der Waals surface area contributed by atoms with Crippen molar-refractivity contribution in [3.05, 3.63) is 34.9 Å². The van der Waals surface area contributed by atoms with Gasteiger partial charge in [-0.05, 0) is 36.3 Å². The van der Waals surface area contributed by atoms with Crippen LogP contribution in [0.3, 0.4) is 0 Å². The van der Waals surface area contributed by atoms with Crippen molar-refractivity contribution in [3.63, 3.8) is 0 Å². The molecule has 0 atom stereocenters. The number of carboxylic acids is 1. The topological polar surface area (TPSA) is 37.3 Å². The van der Waals surface area contributed by atoms with E-state index in [2.05, 4.69) is 6.92 Å². The molecule has 4 heteroatoms. The summed E-state index contributed by atoms with van der Waals surface area (Å²) in [6.45, 7) is 2.21. The lowest BCUT2D eigenvalue weighted by molar-refractivity contribution is 0.0690. The molecule has 1 aliphatic carbocycles. The molecule has 1 N–H and O–H groups in total.